The number of halogens is 3. The largest absolute Gasteiger partial charge is 0.464 e. The number of rotatable bonds is 5. The fourth-order valence-corrected chi connectivity index (χ4v) is 3.49. The van der Waals surface area contributed by atoms with Crippen LogP contribution in [0, 0.1) is 5.82 Å². The maximum Gasteiger partial charge on any atom is 0.334 e. The Morgan fingerprint density at radius 1 is 1.52 bits per heavy atom. The molecule has 0 aliphatic carbocycles. The van der Waals surface area contributed by atoms with E-state index >= 15 is 0 Å². The highest BCUT2D eigenvalue weighted by Crippen LogP contribution is 2.37. The Bertz CT molecular complexity index is 630. The number of thiophene rings is 1. The second-order valence-corrected chi connectivity index (χ2v) is 6.62. The monoisotopic (exact) mass is 391 g/mol. The van der Waals surface area contributed by atoms with Crippen LogP contribution in [-0.2, 0) is 9.53 Å². The number of para-hydroxylation sites is 1. The quantitative estimate of drug-likeness (QED) is 0.726. The van der Waals surface area contributed by atoms with Crippen LogP contribution in [0.5, 0.6) is 0 Å². The van der Waals surface area contributed by atoms with Crippen LogP contribution >= 0.6 is 38.9 Å². The average molecular weight is 393 g/mol. The molecule has 1 atom stereocenters. The fraction of sp³-hybridized carbons (Fsp3) is 0.214. The molecule has 7 heteroatoms. The van der Waals surface area contributed by atoms with Gasteiger partial charge in [0.15, 0.2) is 6.04 Å². The number of hydrogen-bond acceptors (Lipinski definition) is 4. The van der Waals surface area contributed by atoms with Crippen molar-refractivity contribution >= 4 is 50.5 Å². The third-order valence-corrected chi connectivity index (χ3v) is 5.18. The minimum absolute atomic E-state index is 0.233. The summed E-state index contributed by atoms with van der Waals surface area (Å²) in [4.78, 5) is 12.8. The van der Waals surface area contributed by atoms with Crippen LogP contribution in [0.1, 0.15) is 17.8 Å². The Morgan fingerprint density at radius 3 is 2.81 bits per heavy atom. The van der Waals surface area contributed by atoms with Crippen LogP contribution in [0.4, 0.5) is 10.1 Å². The van der Waals surface area contributed by atoms with Crippen molar-refractivity contribution in [2.45, 2.75) is 13.0 Å². The Hall–Kier alpha value is -1.11. The molecule has 0 fully saturated rings. The van der Waals surface area contributed by atoms with Crippen LogP contribution < -0.4 is 5.32 Å². The third kappa shape index (κ3) is 3.96. The van der Waals surface area contributed by atoms with Crippen LogP contribution in [0.3, 0.4) is 0 Å². The van der Waals surface area contributed by atoms with E-state index in [1.807, 2.05) is 0 Å². The smallest absolute Gasteiger partial charge is 0.334 e. The van der Waals surface area contributed by atoms with E-state index in [0.29, 0.717) is 13.7 Å². The fourth-order valence-electron chi connectivity index (χ4n) is 1.71. The lowest BCUT2D eigenvalue weighted by Crippen LogP contribution is -2.23. The number of nitrogens with one attached hydrogen (secondary N) is 1. The summed E-state index contributed by atoms with van der Waals surface area (Å²) in [5, 5.41) is 2.87. The zero-order valence-electron chi connectivity index (χ0n) is 11.0. The summed E-state index contributed by atoms with van der Waals surface area (Å²) in [6, 6.07) is 7.06. The molecule has 2 rings (SSSR count). The van der Waals surface area contributed by atoms with E-state index in [1.165, 1.54) is 17.4 Å². The minimum Gasteiger partial charge on any atom is -0.464 e. The Kier molecular flexibility index (Phi) is 5.61. The summed E-state index contributed by atoms with van der Waals surface area (Å²) in [6.45, 7) is 1.96. The lowest BCUT2D eigenvalue weighted by molar-refractivity contribution is -0.144. The molecule has 0 spiro atoms. The molecule has 112 valence electrons. The number of carbonyl (C=O) groups excluding carboxylic acids is 1. The van der Waals surface area contributed by atoms with E-state index in [0.717, 1.165) is 0 Å². The van der Waals surface area contributed by atoms with Gasteiger partial charge in [-0.25, -0.2) is 9.18 Å². The standard InChI is InChI=1S/C14H12BrClFNO2S/c1-2-20-14(19)12(11-7-8(15)13(16)21-11)18-10-6-4-3-5-9(10)17/h3-7,12,18H,2H2,1H3. The molecular formula is C14H12BrClFNO2S. The molecule has 0 aliphatic rings. The Morgan fingerprint density at radius 2 is 2.24 bits per heavy atom. The molecule has 0 aliphatic heterocycles. The van der Waals surface area contributed by atoms with Crippen LogP contribution in [0.2, 0.25) is 4.34 Å². The van der Waals surface area contributed by atoms with E-state index in [2.05, 4.69) is 21.2 Å². The number of anilines is 1. The summed E-state index contributed by atoms with van der Waals surface area (Å²) < 4.78 is 20.0. The summed E-state index contributed by atoms with van der Waals surface area (Å²) in [5.41, 5.74) is 0.233. The first-order valence-electron chi connectivity index (χ1n) is 6.15. The normalized spacial score (nSPS) is 12.0. The van der Waals surface area contributed by atoms with Gasteiger partial charge in [0.25, 0.3) is 0 Å². The van der Waals surface area contributed by atoms with Gasteiger partial charge in [-0.15, -0.1) is 11.3 Å². The van der Waals surface area contributed by atoms with Gasteiger partial charge in [0, 0.05) is 9.35 Å². The average Bonchev–Trinajstić information content (AvgIpc) is 2.77. The number of ether oxygens (including phenoxy) is 1. The molecule has 0 radical (unpaired) electrons. The predicted octanol–water partition coefficient (Wildman–Crippen LogP) is 5.02. The van der Waals surface area contributed by atoms with Crippen LogP contribution in [-0.4, -0.2) is 12.6 Å². The van der Waals surface area contributed by atoms with Gasteiger partial charge < -0.3 is 10.1 Å². The zero-order valence-corrected chi connectivity index (χ0v) is 14.2. The molecule has 3 nitrogen and oxygen atoms in total. The minimum atomic E-state index is -0.810. The highest BCUT2D eigenvalue weighted by atomic mass is 79.9. The van der Waals surface area contributed by atoms with E-state index in [1.54, 1.807) is 31.2 Å². The molecule has 21 heavy (non-hydrogen) atoms. The van der Waals surface area contributed by atoms with Crippen molar-refractivity contribution in [3.05, 3.63) is 49.8 Å². The molecule has 0 saturated heterocycles. The molecule has 1 unspecified atom stereocenters. The van der Waals surface area contributed by atoms with E-state index in [9.17, 15) is 9.18 Å². The van der Waals surface area contributed by atoms with Gasteiger partial charge in [-0.1, -0.05) is 23.7 Å². The summed E-state index contributed by atoms with van der Waals surface area (Å²) >= 11 is 10.5. The van der Waals surface area contributed by atoms with Gasteiger partial charge in [-0.2, -0.15) is 0 Å². The van der Waals surface area contributed by atoms with E-state index in [-0.39, 0.29) is 12.3 Å². The van der Waals surface area contributed by atoms with Crippen molar-refractivity contribution in [1.29, 1.82) is 0 Å². The molecule has 1 aromatic heterocycles. The topological polar surface area (TPSA) is 38.3 Å². The second kappa shape index (κ2) is 7.24. The Balaban J connectivity index is 2.32. The zero-order chi connectivity index (χ0) is 15.4. The molecule has 0 bridgehead atoms. The van der Waals surface area contributed by atoms with Gasteiger partial charge >= 0.3 is 5.97 Å². The van der Waals surface area contributed by atoms with Gasteiger partial charge in [-0.05, 0) is 41.1 Å². The summed E-state index contributed by atoms with van der Waals surface area (Å²) in [7, 11) is 0. The predicted molar refractivity (Wildman–Crippen MR) is 86.4 cm³/mol. The molecule has 0 saturated carbocycles. The number of hydrogen-bond donors (Lipinski definition) is 1. The molecule has 0 amide bonds. The third-order valence-electron chi connectivity index (χ3n) is 2.64. The maximum absolute atomic E-state index is 13.8. The van der Waals surface area contributed by atoms with Crippen LogP contribution in [0.15, 0.2) is 34.8 Å². The maximum atomic E-state index is 13.8. The lowest BCUT2D eigenvalue weighted by Gasteiger charge is -2.17. The van der Waals surface area contributed by atoms with Crippen molar-refractivity contribution < 1.29 is 13.9 Å². The second-order valence-electron chi connectivity index (χ2n) is 4.08. The van der Waals surface area contributed by atoms with Gasteiger partial charge in [-0.3, -0.25) is 0 Å². The van der Waals surface area contributed by atoms with Crippen molar-refractivity contribution in [3.8, 4) is 0 Å². The van der Waals surface area contributed by atoms with Crippen LogP contribution in [0.25, 0.3) is 0 Å². The molecule has 1 heterocycles. The molecule has 1 aromatic carbocycles. The van der Waals surface area contributed by atoms with E-state index < -0.39 is 17.8 Å². The first kappa shape index (κ1) is 16.3. The van der Waals surface area contributed by atoms with Crippen molar-refractivity contribution in [2.75, 3.05) is 11.9 Å². The number of benzene rings is 1. The lowest BCUT2D eigenvalue weighted by atomic mass is 10.2. The van der Waals surface area contributed by atoms with Gasteiger partial charge in [0.2, 0.25) is 0 Å². The highest BCUT2D eigenvalue weighted by molar-refractivity contribution is 9.10. The molecular weight excluding hydrogens is 381 g/mol. The first-order chi connectivity index (χ1) is 10.0. The highest BCUT2D eigenvalue weighted by Gasteiger charge is 2.25. The van der Waals surface area contributed by atoms with E-state index in [4.69, 9.17) is 16.3 Å². The number of carbonyl (C=O) groups is 1. The molecule has 1 N–H and O–H groups in total. The summed E-state index contributed by atoms with van der Waals surface area (Å²) in [5.74, 6) is -0.917. The summed E-state index contributed by atoms with van der Waals surface area (Å²) in [6.07, 6.45) is 0. The van der Waals surface area contributed by atoms with Crippen molar-refractivity contribution in [2.24, 2.45) is 0 Å². The number of esters is 1. The van der Waals surface area contributed by atoms with Crippen molar-refractivity contribution in [1.82, 2.24) is 0 Å². The van der Waals surface area contributed by atoms with Gasteiger partial charge in [0.1, 0.15) is 10.2 Å². The SMILES string of the molecule is CCOC(=O)C(Nc1ccccc1F)c1cc(Br)c(Cl)s1. The molecule has 2 aromatic rings. The van der Waals surface area contributed by atoms with Crippen molar-refractivity contribution in [3.63, 3.8) is 0 Å². The van der Waals surface area contributed by atoms with Gasteiger partial charge in [0.05, 0.1) is 12.3 Å². The first-order valence-corrected chi connectivity index (χ1v) is 8.14. The Labute approximate surface area is 139 Å².